The Hall–Kier alpha value is -2.54. The van der Waals surface area contributed by atoms with Crippen LogP contribution < -0.4 is 27.2 Å². The lowest BCUT2D eigenvalue weighted by molar-refractivity contribution is -0.929. The second kappa shape index (κ2) is 10.4. The maximum absolute atomic E-state index is 12.7. The summed E-state index contributed by atoms with van der Waals surface area (Å²) < 4.78 is 17.4. The normalized spacial score (nSPS) is 16.2. The van der Waals surface area contributed by atoms with Gasteiger partial charge in [-0.1, -0.05) is 12.1 Å². The molecule has 1 saturated heterocycles. The van der Waals surface area contributed by atoms with E-state index in [0.29, 0.717) is 11.6 Å². The Morgan fingerprint density at radius 2 is 1.84 bits per heavy atom. The van der Waals surface area contributed by atoms with Crippen LogP contribution in [0.25, 0.3) is 6.08 Å². The van der Waals surface area contributed by atoms with E-state index in [2.05, 4.69) is 31.5 Å². The van der Waals surface area contributed by atoms with Crippen molar-refractivity contribution in [1.29, 1.82) is 0 Å². The molecule has 4 rings (SSSR count). The van der Waals surface area contributed by atoms with Gasteiger partial charge in [-0.25, -0.2) is 0 Å². The molecule has 32 heavy (non-hydrogen) atoms. The highest BCUT2D eigenvalue weighted by molar-refractivity contribution is 6.07. The first-order valence-electron chi connectivity index (χ1n) is 10.8. The highest BCUT2D eigenvalue weighted by Gasteiger charge is 2.30. The molecule has 0 radical (unpaired) electrons. The maximum atomic E-state index is 12.7. The summed E-state index contributed by atoms with van der Waals surface area (Å²) in [6, 6.07) is 14.3. The van der Waals surface area contributed by atoms with E-state index >= 15 is 0 Å². The molecule has 2 aromatic rings. The Morgan fingerprint density at radius 1 is 1.12 bits per heavy atom. The van der Waals surface area contributed by atoms with Crippen LogP contribution in [0, 0.1) is 0 Å². The highest BCUT2D eigenvalue weighted by atomic mass is 35.5. The van der Waals surface area contributed by atoms with Crippen LogP contribution >= 0.6 is 0 Å². The SMILES string of the molecule is COc1ccc2c(c1)C=C(C(=O)Nc1ccc(C[N+](C)(C)C3CCOCC3)cc1)CO2.[Cl-]. The van der Waals surface area contributed by atoms with Crippen molar-refractivity contribution in [3.8, 4) is 11.5 Å². The van der Waals surface area contributed by atoms with Gasteiger partial charge in [0.1, 0.15) is 24.7 Å². The van der Waals surface area contributed by atoms with E-state index in [9.17, 15) is 4.79 Å². The molecular formula is C25H31ClN2O4. The van der Waals surface area contributed by atoms with E-state index in [1.807, 2.05) is 36.4 Å². The van der Waals surface area contributed by atoms with Gasteiger partial charge in [0.15, 0.2) is 0 Å². The summed E-state index contributed by atoms with van der Waals surface area (Å²) in [6.45, 7) is 2.92. The molecule has 0 atom stereocenters. The minimum Gasteiger partial charge on any atom is -1.00 e. The van der Waals surface area contributed by atoms with Gasteiger partial charge in [-0.05, 0) is 36.4 Å². The molecule has 2 aliphatic heterocycles. The average molecular weight is 459 g/mol. The molecule has 6 nitrogen and oxygen atoms in total. The number of nitrogens with zero attached hydrogens (tertiary/aromatic N) is 1. The van der Waals surface area contributed by atoms with Crippen molar-refractivity contribution < 1.29 is 35.9 Å². The fourth-order valence-electron chi connectivity index (χ4n) is 4.30. The van der Waals surface area contributed by atoms with Gasteiger partial charge >= 0.3 is 0 Å². The highest BCUT2D eigenvalue weighted by Crippen LogP contribution is 2.30. The number of ether oxygens (including phenoxy) is 3. The fraction of sp³-hybridized carbons (Fsp3) is 0.400. The molecule has 1 N–H and O–H groups in total. The minimum atomic E-state index is -0.153. The number of anilines is 1. The number of carbonyl (C=O) groups is 1. The smallest absolute Gasteiger partial charge is 0.255 e. The largest absolute Gasteiger partial charge is 1.00 e. The Labute approximate surface area is 196 Å². The number of nitrogens with one attached hydrogen (secondary N) is 1. The first-order valence-corrected chi connectivity index (χ1v) is 10.8. The predicted octanol–water partition coefficient (Wildman–Crippen LogP) is 0.869. The first-order chi connectivity index (χ1) is 14.9. The summed E-state index contributed by atoms with van der Waals surface area (Å²) in [7, 11) is 6.19. The first kappa shape index (κ1) is 24.1. The Balaban J connectivity index is 0.00000289. The molecule has 0 aliphatic carbocycles. The van der Waals surface area contributed by atoms with Crippen LogP contribution in [0.3, 0.4) is 0 Å². The van der Waals surface area contributed by atoms with Crippen molar-refractivity contribution in [1.82, 2.24) is 0 Å². The number of hydrogen-bond acceptors (Lipinski definition) is 4. The van der Waals surface area contributed by atoms with E-state index in [-0.39, 0.29) is 24.9 Å². The zero-order valence-corrected chi connectivity index (χ0v) is 19.7. The molecule has 1 amide bonds. The van der Waals surface area contributed by atoms with Crippen molar-refractivity contribution in [2.24, 2.45) is 0 Å². The molecule has 172 valence electrons. The molecule has 2 aromatic carbocycles. The zero-order chi connectivity index (χ0) is 21.8. The number of methoxy groups -OCH3 is 1. The topological polar surface area (TPSA) is 56.8 Å². The van der Waals surface area contributed by atoms with Gasteiger partial charge in [-0.2, -0.15) is 0 Å². The number of halogens is 1. The molecular weight excluding hydrogens is 428 g/mol. The summed E-state index contributed by atoms with van der Waals surface area (Å²) in [5, 5.41) is 2.98. The number of fused-ring (bicyclic) bond motifs is 1. The van der Waals surface area contributed by atoms with Crippen LogP contribution in [-0.4, -0.2) is 57.5 Å². The van der Waals surface area contributed by atoms with Gasteiger partial charge < -0.3 is 36.4 Å². The van der Waals surface area contributed by atoms with Gasteiger partial charge in [-0.3, -0.25) is 4.79 Å². The number of carbonyl (C=O) groups excluding carboxylic acids is 1. The van der Waals surface area contributed by atoms with Crippen molar-refractivity contribution in [2.75, 3.05) is 46.3 Å². The molecule has 1 fully saturated rings. The van der Waals surface area contributed by atoms with E-state index in [1.165, 1.54) is 5.56 Å². The predicted molar refractivity (Wildman–Crippen MR) is 121 cm³/mol. The second-order valence-corrected chi connectivity index (χ2v) is 8.79. The summed E-state index contributed by atoms with van der Waals surface area (Å²) in [5.41, 5.74) is 3.47. The molecule has 0 spiro atoms. The molecule has 0 bridgehead atoms. The van der Waals surface area contributed by atoms with Crippen molar-refractivity contribution in [3.63, 3.8) is 0 Å². The van der Waals surface area contributed by atoms with Crippen molar-refractivity contribution in [3.05, 3.63) is 59.2 Å². The molecule has 0 unspecified atom stereocenters. The lowest BCUT2D eigenvalue weighted by Crippen LogP contribution is -3.00. The van der Waals surface area contributed by atoms with Gasteiger partial charge in [0.05, 0.1) is 46.0 Å². The number of rotatable bonds is 6. The van der Waals surface area contributed by atoms with E-state index in [4.69, 9.17) is 14.2 Å². The average Bonchev–Trinajstić information content (AvgIpc) is 2.80. The standard InChI is InChI=1S/C25H30N2O4.ClH/c1-27(2,22-10-12-30-13-11-22)16-18-4-6-21(7-5-18)26-25(28)20-14-19-15-23(29-3)8-9-24(19)31-17-20;/h4-9,14-15,22H,10-13,16-17H2,1-3H3;1H. The molecule has 2 aliphatic rings. The van der Waals surface area contributed by atoms with Gasteiger partial charge in [-0.15, -0.1) is 0 Å². The summed E-state index contributed by atoms with van der Waals surface area (Å²) in [5.74, 6) is 1.34. The lowest BCUT2D eigenvalue weighted by Gasteiger charge is -2.40. The molecule has 7 heteroatoms. The van der Waals surface area contributed by atoms with Crippen LogP contribution in [0.5, 0.6) is 11.5 Å². The fourth-order valence-corrected chi connectivity index (χ4v) is 4.30. The van der Waals surface area contributed by atoms with Crippen molar-refractivity contribution in [2.45, 2.75) is 25.4 Å². The number of benzene rings is 2. The van der Waals surface area contributed by atoms with E-state index in [1.54, 1.807) is 7.11 Å². The van der Waals surface area contributed by atoms with Crippen LogP contribution in [0.1, 0.15) is 24.0 Å². The Bertz CT molecular complexity index is 966. The van der Waals surface area contributed by atoms with Gasteiger partial charge in [0.2, 0.25) is 0 Å². The van der Waals surface area contributed by atoms with E-state index in [0.717, 1.165) is 59.8 Å². The third-order valence-corrected chi connectivity index (χ3v) is 6.20. The molecule has 2 heterocycles. The number of amides is 1. The Kier molecular flexibility index (Phi) is 7.82. The lowest BCUT2D eigenvalue weighted by atomic mass is 10.0. The van der Waals surface area contributed by atoms with Crippen molar-refractivity contribution >= 4 is 17.7 Å². The number of hydrogen-bond donors (Lipinski definition) is 1. The van der Waals surface area contributed by atoms with Crippen LogP contribution in [0.15, 0.2) is 48.0 Å². The van der Waals surface area contributed by atoms with Crippen LogP contribution in [-0.2, 0) is 16.1 Å². The van der Waals surface area contributed by atoms with Crippen LogP contribution in [0.4, 0.5) is 5.69 Å². The summed E-state index contributed by atoms with van der Waals surface area (Å²) in [6.07, 6.45) is 4.07. The monoisotopic (exact) mass is 458 g/mol. The quantitative estimate of drug-likeness (QED) is 0.653. The second-order valence-electron chi connectivity index (χ2n) is 8.79. The summed E-state index contributed by atoms with van der Waals surface area (Å²) in [4.78, 5) is 12.7. The van der Waals surface area contributed by atoms with Gasteiger partial charge in [0, 0.05) is 29.7 Å². The molecule has 0 aromatic heterocycles. The molecule has 0 saturated carbocycles. The zero-order valence-electron chi connectivity index (χ0n) is 18.9. The van der Waals surface area contributed by atoms with Gasteiger partial charge in [0.25, 0.3) is 5.91 Å². The minimum absolute atomic E-state index is 0. The number of quaternary nitrogens is 1. The third-order valence-electron chi connectivity index (χ3n) is 6.20. The van der Waals surface area contributed by atoms with Crippen LogP contribution in [0.2, 0.25) is 0 Å². The van der Waals surface area contributed by atoms with E-state index < -0.39 is 0 Å². The Morgan fingerprint density at radius 3 is 2.53 bits per heavy atom. The maximum Gasteiger partial charge on any atom is 0.255 e. The third kappa shape index (κ3) is 5.63. The summed E-state index contributed by atoms with van der Waals surface area (Å²) >= 11 is 0.